The smallest absolute Gasteiger partial charge is 0.320 e. The van der Waals surface area contributed by atoms with E-state index in [0.717, 1.165) is 12.6 Å². The van der Waals surface area contributed by atoms with Crippen LogP contribution in [0.15, 0.2) is 29.2 Å². The lowest BCUT2D eigenvalue weighted by Crippen LogP contribution is -2.26. The van der Waals surface area contributed by atoms with E-state index in [9.17, 15) is 9.90 Å². The molecule has 30 heavy (non-hydrogen) atoms. The van der Waals surface area contributed by atoms with Crippen molar-refractivity contribution in [1.29, 1.82) is 0 Å². The highest BCUT2D eigenvalue weighted by atomic mass is 35.5. The number of halogens is 1. The lowest BCUT2D eigenvalue weighted by Gasteiger charge is -2.19. The van der Waals surface area contributed by atoms with Crippen LogP contribution in [0.4, 0.5) is 5.82 Å². The standard InChI is InChI=1S/C20H24ClN5O4/c1-11(2)7-13(9-27)23-18-17-19(24-15(28)8-22-17)26-20(25-18)30-10-12-5-4-6-14(29-3)16(12)21/h4-6,8,11,13,27H,7,9-10H2,1-3H3,(H2,23,24,25,26,28)/t13-/m1/s1. The van der Waals surface area contributed by atoms with Crippen molar-refractivity contribution in [2.24, 2.45) is 5.92 Å². The fourth-order valence-corrected chi connectivity index (χ4v) is 3.25. The molecule has 9 nitrogen and oxygen atoms in total. The van der Waals surface area contributed by atoms with Gasteiger partial charge in [-0.2, -0.15) is 9.97 Å². The predicted octanol–water partition coefficient (Wildman–Crippen LogP) is 2.77. The Balaban J connectivity index is 1.92. The molecule has 0 saturated heterocycles. The van der Waals surface area contributed by atoms with Crippen molar-refractivity contribution in [1.82, 2.24) is 19.9 Å². The van der Waals surface area contributed by atoms with Crippen LogP contribution in [-0.2, 0) is 6.61 Å². The molecule has 0 unspecified atom stereocenters. The van der Waals surface area contributed by atoms with Crippen molar-refractivity contribution >= 4 is 28.6 Å². The van der Waals surface area contributed by atoms with Crippen molar-refractivity contribution in [3.05, 3.63) is 45.3 Å². The van der Waals surface area contributed by atoms with Gasteiger partial charge in [0.1, 0.15) is 17.9 Å². The van der Waals surface area contributed by atoms with Crippen molar-refractivity contribution in [2.75, 3.05) is 19.0 Å². The van der Waals surface area contributed by atoms with Crippen LogP contribution in [0.5, 0.6) is 11.8 Å². The summed E-state index contributed by atoms with van der Waals surface area (Å²) in [6, 6.07) is 5.15. The van der Waals surface area contributed by atoms with Crippen molar-refractivity contribution in [3.63, 3.8) is 0 Å². The lowest BCUT2D eigenvalue weighted by atomic mass is 10.0. The monoisotopic (exact) mass is 433 g/mol. The average Bonchev–Trinajstić information content (AvgIpc) is 2.71. The number of H-pyrrole nitrogens is 1. The van der Waals surface area contributed by atoms with E-state index < -0.39 is 5.56 Å². The highest BCUT2D eigenvalue weighted by molar-refractivity contribution is 6.32. The summed E-state index contributed by atoms with van der Waals surface area (Å²) in [5.41, 5.74) is 0.910. The van der Waals surface area contributed by atoms with Gasteiger partial charge in [-0.05, 0) is 18.4 Å². The molecule has 3 rings (SSSR count). The molecule has 1 atom stereocenters. The number of aromatic nitrogens is 4. The van der Waals surface area contributed by atoms with E-state index in [-0.39, 0.29) is 30.9 Å². The second-order valence-electron chi connectivity index (χ2n) is 7.17. The molecule has 2 aromatic heterocycles. The van der Waals surface area contributed by atoms with E-state index in [1.165, 1.54) is 7.11 Å². The Bertz CT molecular complexity index is 1070. The minimum absolute atomic E-state index is 0.0359. The Morgan fingerprint density at radius 2 is 2.10 bits per heavy atom. The number of ether oxygens (including phenoxy) is 2. The first-order chi connectivity index (χ1) is 14.4. The highest BCUT2D eigenvalue weighted by Gasteiger charge is 2.17. The van der Waals surface area contributed by atoms with E-state index in [2.05, 4.69) is 39.1 Å². The minimum Gasteiger partial charge on any atom is -0.495 e. The number of rotatable bonds is 9. The summed E-state index contributed by atoms with van der Waals surface area (Å²) in [4.78, 5) is 27.1. The average molecular weight is 434 g/mol. The van der Waals surface area contributed by atoms with Crippen LogP contribution in [0.25, 0.3) is 11.2 Å². The van der Waals surface area contributed by atoms with Gasteiger partial charge in [0.2, 0.25) is 0 Å². The molecule has 0 aliphatic carbocycles. The highest BCUT2D eigenvalue weighted by Crippen LogP contribution is 2.29. The number of aliphatic hydroxyl groups is 1. The normalized spacial score (nSPS) is 12.2. The van der Waals surface area contributed by atoms with Crippen molar-refractivity contribution in [3.8, 4) is 11.8 Å². The van der Waals surface area contributed by atoms with Crippen LogP contribution >= 0.6 is 11.6 Å². The van der Waals surface area contributed by atoms with Gasteiger partial charge in [-0.25, -0.2) is 4.98 Å². The molecular weight excluding hydrogens is 410 g/mol. The minimum atomic E-state index is -0.394. The first-order valence-electron chi connectivity index (χ1n) is 9.50. The third-order valence-corrected chi connectivity index (χ3v) is 4.78. The molecule has 10 heteroatoms. The van der Waals surface area contributed by atoms with Gasteiger partial charge in [0.05, 0.1) is 31.0 Å². The second-order valence-corrected chi connectivity index (χ2v) is 7.55. The lowest BCUT2D eigenvalue weighted by molar-refractivity contribution is 0.258. The van der Waals surface area contributed by atoms with Crippen LogP contribution in [-0.4, -0.2) is 44.8 Å². The van der Waals surface area contributed by atoms with Crippen LogP contribution < -0.4 is 20.3 Å². The number of benzene rings is 1. The number of nitrogens with zero attached hydrogens (tertiary/aromatic N) is 3. The summed E-state index contributed by atoms with van der Waals surface area (Å²) in [5.74, 6) is 1.26. The first-order valence-corrected chi connectivity index (χ1v) is 9.87. The molecule has 160 valence electrons. The Labute approximate surface area is 178 Å². The number of nitrogens with one attached hydrogen (secondary N) is 2. The zero-order valence-electron chi connectivity index (χ0n) is 17.0. The van der Waals surface area contributed by atoms with Gasteiger partial charge in [-0.1, -0.05) is 37.6 Å². The van der Waals surface area contributed by atoms with E-state index in [4.69, 9.17) is 21.1 Å². The molecule has 0 amide bonds. The molecule has 0 spiro atoms. The third kappa shape index (κ3) is 5.17. The number of anilines is 1. The molecule has 0 bridgehead atoms. The van der Waals surface area contributed by atoms with Gasteiger partial charge in [0.25, 0.3) is 5.56 Å². The SMILES string of the molecule is COc1cccc(COc2nc(N[C@@H](CO)CC(C)C)c3ncc(=O)[nH]c3n2)c1Cl. The van der Waals surface area contributed by atoms with Crippen LogP contribution in [0.2, 0.25) is 5.02 Å². The summed E-state index contributed by atoms with van der Waals surface area (Å²) < 4.78 is 11.0. The Hall–Kier alpha value is -2.91. The topological polar surface area (TPSA) is 122 Å². The van der Waals surface area contributed by atoms with E-state index in [0.29, 0.717) is 33.6 Å². The molecule has 0 fully saturated rings. The molecular formula is C20H24ClN5O4. The third-order valence-electron chi connectivity index (χ3n) is 4.35. The van der Waals surface area contributed by atoms with Crippen molar-refractivity contribution in [2.45, 2.75) is 32.9 Å². The predicted molar refractivity (Wildman–Crippen MR) is 114 cm³/mol. The van der Waals surface area contributed by atoms with Gasteiger partial charge in [-0.3, -0.25) is 4.79 Å². The number of aromatic amines is 1. The van der Waals surface area contributed by atoms with Crippen LogP contribution in [0.3, 0.4) is 0 Å². The van der Waals surface area contributed by atoms with E-state index in [1.54, 1.807) is 18.2 Å². The van der Waals surface area contributed by atoms with Crippen LogP contribution in [0.1, 0.15) is 25.8 Å². The zero-order valence-corrected chi connectivity index (χ0v) is 17.7. The number of fused-ring (bicyclic) bond motifs is 1. The number of methoxy groups -OCH3 is 1. The fourth-order valence-electron chi connectivity index (χ4n) is 2.99. The summed E-state index contributed by atoms with van der Waals surface area (Å²) in [6.07, 6.45) is 1.88. The molecule has 0 aliphatic rings. The summed E-state index contributed by atoms with van der Waals surface area (Å²) >= 11 is 6.31. The Morgan fingerprint density at radius 1 is 1.30 bits per heavy atom. The van der Waals surface area contributed by atoms with E-state index in [1.807, 2.05) is 0 Å². The summed E-state index contributed by atoms with van der Waals surface area (Å²) in [5, 5.41) is 13.3. The van der Waals surface area contributed by atoms with Gasteiger partial charge in [-0.15, -0.1) is 0 Å². The maximum Gasteiger partial charge on any atom is 0.320 e. The molecule has 3 N–H and O–H groups in total. The Morgan fingerprint density at radius 3 is 2.80 bits per heavy atom. The first kappa shape index (κ1) is 21.8. The molecule has 2 heterocycles. The quantitative estimate of drug-likeness (QED) is 0.470. The number of hydrogen-bond donors (Lipinski definition) is 3. The largest absolute Gasteiger partial charge is 0.495 e. The molecule has 3 aromatic rings. The zero-order chi connectivity index (χ0) is 21.7. The number of aliphatic hydroxyl groups excluding tert-OH is 1. The summed E-state index contributed by atoms with van der Waals surface area (Å²) in [7, 11) is 1.54. The van der Waals surface area contributed by atoms with Gasteiger partial charge in [0, 0.05) is 5.56 Å². The van der Waals surface area contributed by atoms with Crippen molar-refractivity contribution < 1.29 is 14.6 Å². The van der Waals surface area contributed by atoms with Gasteiger partial charge in [0.15, 0.2) is 11.5 Å². The molecule has 0 radical (unpaired) electrons. The van der Waals surface area contributed by atoms with Gasteiger partial charge < -0.3 is 24.9 Å². The maximum absolute atomic E-state index is 11.7. The second kappa shape index (κ2) is 9.73. The molecule has 0 aliphatic heterocycles. The molecule has 0 saturated carbocycles. The molecule has 1 aromatic carbocycles. The Kier molecular flexibility index (Phi) is 7.07. The fraction of sp³-hybridized carbons (Fsp3) is 0.400. The van der Waals surface area contributed by atoms with Gasteiger partial charge >= 0.3 is 6.01 Å². The summed E-state index contributed by atoms with van der Waals surface area (Å²) in [6.45, 7) is 4.14. The van der Waals surface area contributed by atoms with E-state index >= 15 is 0 Å². The maximum atomic E-state index is 11.7. The van der Waals surface area contributed by atoms with Crippen LogP contribution in [0, 0.1) is 5.92 Å². The number of hydrogen-bond acceptors (Lipinski definition) is 8.